The first kappa shape index (κ1) is 20.2. The molecule has 0 saturated heterocycles. The Bertz CT molecular complexity index is 318. The summed E-state index contributed by atoms with van der Waals surface area (Å²) >= 11 is 0. The van der Waals surface area contributed by atoms with Gasteiger partial charge in [-0.1, -0.05) is 32.1 Å². The largest absolute Gasteiger partial charge is 0.467 e. The Hall–Kier alpha value is -0.810. The third-order valence-electron chi connectivity index (χ3n) is 4.02. The van der Waals surface area contributed by atoms with Gasteiger partial charge in [0.25, 0.3) is 0 Å². The molecule has 0 spiro atoms. The predicted molar refractivity (Wildman–Crippen MR) is 85.4 cm³/mol. The highest BCUT2D eigenvalue weighted by Gasteiger charge is 2.41. The molecule has 6 heteroatoms. The predicted octanol–water partition coefficient (Wildman–Crippen LogP) is 2.31. The molecule has 0 aromatic carbocycles. The van der Waals surface area contributed by atoms with E-state index >= 15 is 0 Å². The maximum atomic E-state index is 12.0. The fraction of sp³-hybridized carbons (Fsp3) is 0.867. The van der Waals surface area contributed by atoms with E-state index in [2.05, 4.69) is 5.32 Å². The number of carbonyl (C=O) groups excluding carboxylic acids is 2. The van der Waals surface area contributed by atoms with Gasteiger partial charge in [-0.15, -0.1) is 12.4 Å². The zero-order chi connectivity index (χ0) is 14.8. The minimum atomic E-state index is -0.776. The van der Waals surface area contributed by atoms with E-state index in [9.17, 15) is 9.59 Å². The van der Waals surface area contributed by atoms with Crippen LogP contribution in [0.5, 0.6) is 0 Å². The summed E-state index contributed by atoms with van der Waals surface area (Å²) < 4.78 is 4.88. The molecule has 1 rings (SSSR count). The number of hydrogen-bond donors (Lipinski definition) is 2. The number of nitrogens with two attached hydrogens (primary N) is 1. The number of methoxy groups -OCH3 is 1. The lowest BCUT2D eigenvalue weighted by molar-refractivity contribution is -0.152. The fourth-order valence-corrected chi connectivity index (χ4v) is 2.84. The molecule has 3 N–H and O–H groups in total. The van der Waals surface area contributed by atoms with E-state index < -0.39 is 5.54 Å². The fourth-order valence-electron chi connectivity index (χ4n) is 2.84. The van der Waals surface area contributed by atoms with Gasteiger partial charge in [-0.25, -0.2) is 4.79 Å². The summed E-state index contributed by atoms with van der Waals surface area (Å²) in [5, 5.41) is 2.94. The Morgan fingerprint density at radius 2 is 1.71 bits per heavy atom. The van der Waals surface area contributed by atoms with Crippen LogP contribution in [0.25, 0.3) is 0 Å². The third-order valence-corrected chi connectivity index (χ3v) is 4.02. The van der Waals surface area contributed by atoms with Gasteiger partial charge in [-0.2, -0.15) is 0 Å². The zero-order valence-corrected chi connectivity index (χ0v) is 13.8. The second kappa shape index (κ2) is 10.9. The van der Waals surface area contributed by atoms with Crippen LogP contribution < -0.4 is 11.1 Å². The van der Waals surface area contributed by atoms with Gasteiger partial charge in [0.05, 0.1) is 7.11 Å². The van der Waals surface area contributed by atoms with Crippen molar-refractivity contribution in [3.63, 3.8) is 0 Å². The number of ether oxygens (including phenoxy) is 1. The molecule has 0 bridgehead atoms. The minimum Gasteiger partial charge on any atom is -0.467 e. The summed E-state index contributed by atoms with van der Waals surface area (Å²) in [5.74, 6) is -0.335. The molecule has 0 unspecified atom stereocenters. The molecule has 1 amide bonds. The highest BCUT2D eigenvalue weighted by Crippen LogP contribution is 2.29. The number of esters is 1. The molecule has 1 aliphatic rings. The van der Waals surface area contributed by atoms with Crippen molar-refractivity contribution in [2.75, 3.05) is 13.7 Å². The van der Waals surface area contributed by atoms with Crippen molar-refractivity contribution in [1.82, 2.24) is 5.32 Å². The molecule has 0 aliphatic heterocycles. The van der Waals surface area contributed by atoms with Gasteiger partial charge in [0, 0.05) is 6.42 Å². The number of nitrogens with one attached hydrogen (secondary N) is 1. The average molecular weight is 321 g/mol. The van der Waals surface area contributed by atoms with E-state index in [1.165, 1.54) is 7.11 Å². The normalized spacial score (nSPS) is 16.7. The van der Waals surface area contributed by atoms with Crippen molar-refractivity contribution in [3.8, 4) is 0 Å². The summed E-state index contributed by atoms with van der Waals surface area (Å²) in [5.41, 5.74) is 4.65. The summed E-state index contributed by atoms with van der Waals surface area (Å²) in [4.78, 5) is 24.0. The van der Waals surface area contributed by atoms with E-state index in [0.29, 0.717) is 25.8 Å². The molecule has 1 saturated carbocycles. The Labute approximate surface area is 133 Å². The van der Waals surface area contributed by atoms with Gasteiger partial charge in [-0.05, 0) is 32.2 Å². The van der Waals surface area contributed by atoms with Crippen LogP contribution in [0, 0.1) is 0 Å². The van der Waals surface area contributed by atoms with Crippen LogP contribution in [0.15, 0.2) is 0 Å². The topological polar surface area (TPSA) is 81.4 Å². The first-order valence-corrected chi connectivity index (χ1v) is 7.74. The van der Waals surface area contributed by atoms with Crippen LogP contribution in [-0.2, 0) is 14.3 Å². The monoisotopic (exact) mass is 320 g/mol. The number of amides is 1. The van der Waals surface area contributed by atoms with Gasteiger partial charge in [-0.3, -0.25) is 4.79 Å². The van der Waals surface area contributed by atoms with E-state index in [4.69, 9.17) is 10.5 Å². The van der Waals surface area contributed by atoms with Crippen LogP contribution >= 0.6 is 12.4 Å². The smallest absolute Gasteiger partial charge is 0.331 e. The molecular formula is C15H29ClN2O3. The van der Waals surface area contributed by atoms with Gasteiger partial charge in [0.1, 0.15) is 5.54 Å². The van der Waals surface area contributed by atoms with Crippen LogP contribution in [0.4, 0.5) is 0 Å². The maximum absolute atomic E-state index is 12.0. The first-order chi connectivity index (χ1) is 9.64. The molecular weight excluding hydrogens is 292 g/mol. The van der Waals surface area contributed by atoms with Crippen molar-refractivity contribution in [2.24, 2.45) is 5.73 Å². The van der Waals surface area contributed by atoms with Gasteiger partial charge >= 0.3 is 5.97 Å². The lowest BCUT2D eigenvalue weighted by Crippen LogP contribution is -2.56. The number of carbonyl (C=O) groups is 2. The number of hydrogen-bond acceptors (Lipinski definition) is 4. The van der Waals surface area contributed by atoms with Crippen LogP contribution in [0.3, 0.4) is 0 Å². The SMILES string of the molecule is COC(=O)C1(NC(=O)CCCCCCN)CCCCC1.Cl. The Kier molecular flexibility index (Phi) is 10.4. The number of halogens is 1. The van der Waals surface area contributed by atoms with Crippen molar-refractivity contribution in [1.29, 1.82) is 0 Å². The highest BCUT2D eigenvalue weighted by atomic mass is 35.5. The van der Waals surface area contributed by atoms with Crippen molar-refractivity contribution in [3.05, 3.63) is 0 Å². The first-order valence-electron chi connectivity index (χ1n) is 7.74. The van der Waals surface area contributed by atoms with Crippen molar-refractivity contribution >= 4 is 24.3 Å². The summed E-state index contributed by atoms with van der Waals surface area (Å²) in [6.07, 6.45) is 8.84. The molecule has 0 aromatic heterocycles. The molecule has 1 fully saturated rings. The minimum absolute atomic E-state index is 0. The standard InChI is InChI=1S/C15H28N2O3.ClH/c1-20-14(19)15(10-6-4-7-11-15)17-13(18)9-5-2-3-8-12-16;/h2-12,16H2,1H3,(H,17,18);1H. The van der Waals surface area contributed by atoms with Crippen molar-refractivity contribution in [2.45, 2.75) is 69.7 Å². The lowest BCUT2D eigenvalue weighted by atomic mass is 9.81. The molecule has 0 aromatic rings. The molecule has 21 heavy (non-hydrogen) atoms. The number of unbranched alkanes of at least 4 members (excludes halogenated alkanes) is 3. The van der Waals surface area contributed by atoms with Crippen LogP contribution in [0.1, 0.15) is 64.2 Å². The van der Waals surface area contributed by atoms with Gasteiger partial charge in [0.2, 0.25) is 5.91 Å². The third kappa shape index (κ3) is 6.66. The Balaban J connectivity index is 0.00000400. The average Bonchev–Trinajstić information content (AvgIpc) is 2.47. The van der Waals surface area contributed by atoms with Crippen LogP contribution in [0.2, 0.25) is 0 Å². The van der Waals surface area contributed by atoms with E-state index in [0.717, 1.165) is 44.9 Å². The van der Waals surface area contributed by atoms with Crippen molar-refractivity contribution < 1.29 is 14.3 Å². The quantitative estimate of drug-likeness (QED) is 0.531. The molecule has 0 heterocycles. The summed E-state index contributed by atoms with van der Waals surface area (Å²) in [7, 11) is 1.39. The summed E-state index contributed by atoms with van der Waals surface area (Å²) in [6.45, 7) is 0.706. The lowest BCUT2D eigenvalue weighted by Gasteiger charge is -2.35. The molecule has 0 atom stereocenters. The van der Waals surface area contributed by atoms with Gasteiger partial charge in [0.15, 0.2) is 0 Å². The molecule has 5 nitrogen and oxygen atoms in total. The molecule has 1 aliphatic carbocycles. The van der Waals surface area contributed by atoms with E-state index in [1.807, 2.05) is 0 Å². The number of rotatable bonds is 8. The Morgan fingerprint density at radius 3 is 2.29 bits per heavy atom. The zero-order valence-electron chi connectivity index (χ0n) is 13.0. The highest BCUT2D eigenvalue weighted by molar-refractivity contribution is 5.88. The van der Waals surface area contributed by atoms with Gasteiger partial charge < -0.3 is 15.8 Å². The molecule has 124 valence electrons. The van der Waals surface area contributed by atoms with E-state index in [-0.39, 0.29) is 24.3 Å². The van der Waals surface area contributed by atoms with E-state index in [1.54, 1.807) is 0 Å². The maximum Gasteiger partial charge on any atom is 0.331 e. The van der Waals surface area contributed by atoms with Crippen LogP contribution in [-0.4, -0.2) is 31.1 Å². The second-order valence-electron chi connectivity index (χ2n) is 5.64. The molecule has 0 radical (unpaired) electrons. The summed E-state index contributed by atoms with van der Waals surface area (Å²) in [6, 6.07) is 0. The second-order valence-corrected chi connectivity index (χ2v) is 5.64. The Morgan fingerprint density at radius 1 is 1.10 bits per heavy atom.